The largest absolute Gasteiger partial charge is 0.480 e. The van der Waals surface area contributed by atoms with Crippen LogP contribution in [0, 0.1) is 13.8 Å². The molecule has 0 aromatic heterocycles. The molecule has 0 heterocycles. The van der Waals surface area contributed by atoms with Gasteiger partial charge in [0, 0.05) is 12.0 Å². The number of benzene rings is 1. The molecule has 0 aliphatic carbocycles. The van der Waals surface area contributed by atoms with Crippen molar-refractivity contribution in [1.29, 1.82) is 0 Å². The highest BCUT2D eigenvalue weighted by Crippen LogP contribution is 2.13. The third kappa shape index (κ3) is 2.90. The first-order valence-corrected chi connectivity index (χ1v) is 5.00. The Morgan fingerprint density at radius 3 is 2.56 bits per heavy atom. The maximum Gasteiger partial charge on any atom is 0.320 e. The van der Waals surface area contributed by atoms with E-state index >= 15 is 0 Å². The van der Waals surface area contributed by atoms with Crippen molar-refractivity contribution in [2.24, 2.45) is 5.73 Å². The first-order chi connectivity index (χ1) is 7.41. The third-order valence-electron chi connectivity index (χ3n) is 2.42. The fourth-order valence-corrected chi connectivity index (χ4v) is 1.43. The summed E-state index contributed by atoms with van der Waals surface area (Å²) in [5.41, 5.74) is 7.69. The molecule has 86 valence electrons. The summed E-state index contributed by atoms with van der Waals surface area (Å²) >= 11 is 0. The molecule has 1 aromatic rings. The number of hydrogen-bond acceptors (Lipinski definition) is 3. The number of aliphatic carboxylic acids is 1. The van der Waals surface area contributed by atoms with E-state index in [2.05, 4.69) is 0 Å². The van der Waals surface area contributed by atoms with Crippen molar-refractivity contribution in [3.63, 3.8) is 0 Å². The van der Waals surface area contributed by atoms with Crippen molar-refractivity contribution in [3.8, 4) is 0 Å². The number of ketones is 1. The number of rotatable bonds is 4. The lowest BCUT2D eigenvalue weighted by Gasteiger charge is -2.08. The minimum Gasteiger partial charge on any atom is -0.480 e. The van der Waals surface area contributed by atoms with Gasteiger partial charge in [-0.05, 0) is 25.5 Å². The van der Waals surface area contributed by atoms with Crippen LogP contribution in [0.4, 0.5) is 0 Å². The Balaban J connectivity index is 2.88. The van der Waals surface area contributed by atoms with E-state index < -0.39 is 12.0 Å². The SMILES string of the molecule is Cc1ccc(C)c(C(=O)CC(N)C(=O)O)c1. The average molecular weight is 221 g/mol. The Hall–Kier alpha value is -1.68. The molecule has 0 radical (unpaired) electrons. The third-order valence-corrected chi connectivity index (χ3v) is 2.42. The van der Waals surface area contributed by atoms with Gasteiger partial charge in [0.1, 0.15) is 6.04 Å². The highest BCUT2D eigenvalue weighted by atomic mass is 16.4. The van der Waals surface area contributed by atoms with Gasteiger partial charge >= 0.3 is 5.97 Å². The summed E-state index contributed by atoms with van der Waals surface area (Å²) in [5.74, 6) is -1.38. The summed E-state index contributed by atoms with van der Waals surface area (Å²) in [6, 6.07) is 4.37. The van der Waals surface area contributed by atoms with Crippen molar-refractivity contribution >= 4 is 11.8 Å². The Morgan fingerprint density at radius 2 is 2.00 bits per heavy atom. The molecule has 1 rings (SSSR count). The molecule has 4 heteroatoms. The van der Waals surface area contributed by atoms with E-state index in [4.69, 9.17) is 10.8 Å². The Bertz CT molecular complexity index is 426. The molecule has 0 fully saturated rings. The summed E-state index contributed by atoms with van der Waals surface area (Å²) in [4.78, 5) is 22.3. The zero-order chi connectivity index (χ0) is 12.3. The lowest BCUT2D eigenvalue weighted by Crippen LogP contribution is -2.32. The van der Waals surface area contributed by atoms with Crippen molar-refractivity contribution in [2.75, 3.05) is 0 Å². The molecular formula is C12H15NO3. The lowest BCUT2D eigenvalue weighted by atomic mass is 9.98. The van der Waals surface area contributed by atoms with Gasteiger partial charge in [0.2, 0.25) is 0 Å². The average Bonchev–Trinajstić information content (AvgIpc) is 2.21. The van der Waals surface area contributed by atoms with Crippen LogP contribution in [0.2, 0.25) is 0 Å². The second kappa shape index (κ2) is 4.90. The molecule has 0 spiro atoms. The maximum atomic E-state index is 11.8. The van der Waals surface area contributed by atoms with Crippen LogP contribution in [0.25, 0.3) is 0 Å². The van der Waals surface area contributed by atoms with Crippen molar-refractivity contribution < 1.29 is 14.7 Å². The van der Waals surface area contributed by atoms with Gasteiger partial charge in [0.25, 0.3) is 0 Å². The second-order valence-corrected chi connectivity index (χ2v) is 3.89. The molecule has 0 saturated heterocycles. The van der Waals surface area contributed by atoms with E-state index in [1.54, 1.807) is 6.07 Å². The zero-order valence-electron chi connectivity index (χ0n) is 9.36. The zero-order valence-corrected chi connectivity index (χ0v) is 9.36. The van der Waals surface area contributed by atoms with E-state index in [9.17, 15) is 9.59 Å². The van der Waals surface area contributed by atoms with Crippen LogP contribution in [-0.4, -0.2) is 22.9 Å². The first-order valence-electron chi connectivity index (χ1n) is 5.00. The Morgan fingerprint density at radius 1 is 1.38 bits per heavy atom. The molecule has 1 aromatic carbocycles. The summed E-state index contributed by atoms with van der Waals surface area (Å²) < 4.78 is 0. The van der Waals surface area contributed by atoms with Gasteiger partial charge in [-0.15, -0.1) is 0 Å². The summed E-state index contributed by atoms with van der Waals surface area (Å²) in [6.07, 6.45) is -0.167. The van der Waals surface area contributed by atoms with Crippen molar-refractivity contribution in [1.82, 2.24) is 0 Å². The fourth-order valence-electron chi connectivity index (χ4n) is 1.43. The van der Waals surface area contributed by atoms with Gasteiger partial charge in [0.15, 0.2) is 5.78 Å². The smallest absolute Gasteiger partial charge is 0.320 e. The molecule has 0 amide bonds. The normalized spacial score (nSPS) is 12.2. The van der Waals surface area contributed by atoms with Gasteiger partial charge in [-0.3, -0.25) is 9.59 Å². The highest BCUT2D eigenvalue weighted by Gasteiger charge is 2.18. The number of aryl methyl sites for hydroxylation is 2. The summed E-state index contributed by atoms with van der Waals surface area (Å²) in [6.45, 7) is 3.70. The van der Waals surface area contributed by atoms with E-state index in [1.165, 1.54) is 0 Å². The number of nitrogens with two attached hydrogens (primary N) is 1. The number of carbonyl (C=O) groups is 2. The van der Waals surface area contributed by atoms with Crippen LogP contribution < -0.4 is 5.73 Å². The molecule has 0 saturated carbocycles. The van der Waals surface area contributed by atoms with E-state index in [0.29, 0.717) is 5.56 Å². The molecule has 0 bridgehead atoms. The maximum absolute atomic E-state index is 11.8. The van der Waals surface area contributed by atoms with Crippen LogP contribution >= 0.6 is 0 Å². The second-order valence-electron chi connectivity index (χ2n) is 3.89. The molecule has 0 aliphatic heterocycles. The van der Waals surface area contributed by atoms with Crippen molar-refractivity contribution in [2.45, 2.75) is 26.3 Å². The lowest BCUT2D eigenvalue weighted by molar-refractivity contribution is -0.138. The van der Waals surface area contributed by atoms with E-state index in [0.717, 1.165) is 11.1 Å². The number of Topliss-reactive ketones (excluding diaryl/α,β-unsaturated/α-hetero) is 1. The monoisotopic (exact) mass is 221 g/mol. The topological polar surface area (TPSA) is 80.4 Å². The van der Waals surface area contributed by atoms with Crippen LogP contribution in [0.15, 0.2) is 18.2 Å². The van der Waals surface area contributed by atoms with Gasteiger partial charge in [-0.2, -0.15) is 0 Å². The predicted octanol–water partition coefficient (Wildman–Crippen LogP) is 1.29. The summed E-state index contributed by atoms with van der Waals surface area (Å²) in [5, 5.41) is 8.62. The van der Waals surface area contributed by atoms with Crippen molar-refractivity contribution in [3.05, 3.63) is 34.9 Å². The molecule has 16 heavy (non-hydrogen) atoms. The Labute approximate surface area is 94.1 Å². The molecule has 0 aliphatic rings. The number of carbonyl (C=O) groups excluding carboxylic acids is 1. The number of hydrogen-bond donors (Lipinski definition) is 2. The van der Waals surface area contributed by atoms with Crippen LogP contribution in [-0.2, 0) is 4.79 Å². The molecule has 3 N–H and O–H groups in total. The summed E-state index contributed by atoms with van der Waals surface area (Å²) in [7, 11) is 0. The highest BCUT2D eigenvalue weighted by molar-refractivity contribution is 5.99. The van der Waals surface area contributed by atoms with E-state index in [1.807, 2.05) is 26.0 Å². The van der Waals surface area contributed by atoms with Gasteiger partial charge in [0.05, 0.1) is 0 Å². The number of carboxylic acid groups (broad SMARTS) is 1. The van der Waals surface area contributed by atoms with Crippen LogP contribution in [0.5, 0.6) is 0 Å². The minimum absolute atomic E-state index is 0.167. The van der Waals surface area contributed by atoms with Crippen LogP contribution in [0.3, 0.4) is 0 Å². The van der Waals surface area contributed by atoms with Crippen LogP contribution in [0.1, 0.15) is 27.9 Å². The molecule has 1 atom stereocenters. The Kier molecular flexibility index (Phi) is 3.79. The van der Waals surface area contributed by atoms with Gasteiger partial charge < -0.3 is 10.8 Å². The number of carboxylic acids is 1. The van der Waals surface area contributed by atoms with Gasteiger partial charge in [-0.1, -0.05) is 17.7 Å². The fraction of sp³-hybridized carbons (Fsp3) is 0.333. The predicted molar refractivity (Wildman–Crippen MR) is 60.5 cm³/mol. The molecular weight excluding hydrogens is 206 g/mol. The quantitative estimate of drug-likeness (QED) is 0.751. The first kappa shape index (κ1) is 12.4. The minimum atomic E-state index is -1.15. The standard InChI is InChI=1S/C12H15NO3/c1-7-3-4-8(2)9(5-7)11(14)6-10(13)12(15)16/h3-5,10H,6,13H2,1-2H3,(H,15,16). The molecule has 4 nitrogen and oxygen atoms in total. The van der Waals surface area contributed by atoms with Gasteiger partial charge in [-0.25, -0.2) is 0 Å². The molecule has 1 unspecified atom stereocenters. The van der Waals surface area contributed by atoms with E-state index in [-0.39, 0.29) is 12.2 Å².